The Morgan fingerprint density at radius 2 is 2.19 bits per heavy atom. The molecule has 3 heterocycles. The van der Waals surface area contributed by atoms with Crippen LogP contribution in [0.15, 0.2) is 6.07 Å². The SMILES string of the molecule is CCc1cc2c(nc1N1CCC(OCC3(C)CC3)C3CC31)CN(C)C2=O. The fourth-order valence-corrected chi connectivity index (χ4v) is 4.64. The first-order chi connectivity index (χ1) is 12.5. The summed E-state index contributed by atoms with van der Waals surface area (Å²) in [6.45, 7) is 7.09. The van der Waals surface area contributed by atoms with E-state index in [0.29, 0.717) is 30.0 Å². The van der Waals surface area contributed by atoms with Crippen molar-refractivity contribution in [2.75, 3.05) is 25.1 Å². The summed E-state index contributed by atoms with van der Waals surface area (Å²) in [4.78, 5) is 21.5. The highest BCUT2D eigenvalue weighted by atomic mass is 16.5. The van der Waals surface area contributed by atoms with Gasteiger partial charge in [-0.05, 0) is 49.1 Å². The van der Waals surface area contributed by atoms with Crippen molar-refractivity contribution in [2.45, 2.75) is 64.6 Å². The molecule has 3 fully saturated rings. The van der Waals surface area contributed by atoms with Crippen LogP contribution in [0.5, 0.6) is 0 Å². The molecule has 0 radical (unpaired) electrons. The molecule has 0 N–H and O–H groups in total. The highest BCUT2D eigenvalue weighted by molar-refractivity contribution is 5.98. The zero-order valence-electron chi connectivity index (χ0n) is 16.1. The Labute approximate surface area is 155 Å². The van der Waals surface area contributed by atoms with Crippen LogP contribution in [0.25, 0.3) is 0 Å². The van der Waals surface area contributed by atoms with Gasteiger partial charge in [0.25, 0.3) is 5.91 Å². The van der Waals surface area contributed by atoms with Crippen LogP contribution >= 0.6 is 0 Å². The average molecular weight is 355 g/mol. The van der Waals surface area contributed by atoms with E-state index in [2.05, 4.69) is 24.8 Å². The second-order valence-electron chi connectivity index (χ2n) is 9.09. The number of aromatic nitrogens is 1. The van der Waals surface area contributed by atoms with Crippen LogP contribution < -0.4 is 4.90 Å². The Hall–Kier alpha value is -1.62. The number of pyridine rings is 1. The summed E-state index contributed by atoms with van der Waals surface area (Å²) in [5.41, 5.74) is 3.43. The summed E-state index contributed by atoms with van der Waals surface area (Å²) >= 11 is 0. The molecule has 1 aromatic heterocycles. The van der Waals surface area contributed by atoms with E-state index in [-0.39, 0.29) is 5.91 Å². The molecule has 5 nitrogen and oxygen atoms in total. The van der Waals surface area contributed by atoms with Crippen LogP contribution in [0, 0.1) is 11.3 Å². The molecule has 1 aromatic rings. The molecule has 0 aromatic carbocycles. The number of anilines is 1. The second-order valence-corrected chi connectivity index (χ2v) is 9.09. The predicted molar refractivity (Wildman–Crippen MR) is 100 cm³/mol. The van der Waals surface area contributed by atoms with Crippen LogP contribution in [0.1, 0.15) is 61.1 Å². The van der Waals surface area contributed by atoms with Gasteiger partial charge < -0.3 is 14.5 Å². The first-order valence-electron chi connectivity index (χ1n) is 10.2. The maximum absolute atomic E-state index is 12.3. The summed E-state index contributed by atoms with van der Waals surface area (Å²) in [5.74, 6) is 1.89. The zero-order chi connectivity index (χ0) is 18.1. The van der Waals surface area contributed by atoms with E-state index in [1.165, 1.54) is 24.8 Å². The Kier molecular flexibility index (Phi) is 3.62. The van der Waals surface area contributed by atoms with Crippen molar-refractivity contribution < 1.29 is 9.53 Å². The van der Waals surface area contributed by atoms with E-state index in [1.807, 2.05) is 7.05 Å². The molecule has 0 spiro atoms. The van der Waals surface area contributed by atoms with Crippen molar-refractivity contribution in [3.05, 3.63) is 22.9 Å². The number of carbonyl (C=O) groups is 1. The van der Waals surface area contributed by atoms with Crippen molar-refractivity contribution in [1.29, 1.82) is 0 Å². The zero-order valence-corrected chi connectivity index (χ0v) is 16.1. The van der Waals surface area contributed by atoms with Crippen LogP contribution in [0.4, 0.5) is 5.82 Å². The van der Waals surface area contributed by atoms with E-state index in [9.17, 15) is 4.79 Å². The lowest BCUT2D eigenvalue weighted by atomic mass is 10.0. The molecule has 5 heteroatoms. The minimum absolute atomic E-state index is 0.110. The lowest BCUT2D eigenvalue weighted by Crippen LogP contribution is -2.40. The molecule has 2 aliphatic heterocycles. The fraction of sp³-hybridized carbons (Fsp3) is 0.714. The first kappa shape index (κ1) is 16.5. The third-order valence-electron chi connectivity index (χ3n) is 6.86. The number of rotatable bonds is 5. The summed E-state index contributed by atoms with van der Waals surface area (Å²) in [6.07, 6.45) is 6.32. The van der Waals surface area contributed by atoms with E-state index in [4.69, 9.17) is 9.72 Å². The molecule has 1 amide bonds. The number of fused-ring (bicyclic) bond motifs is 2. The Morgan fingerprint density at radius 1 is 1.38 bits per heavy atom. The molecular weight excluding hydrogens is 326 g/mol. The quantitative estimate of drug-likeness (QED) is 0.814. The normalized spacial score (nSPS) is 31.0. The lowest BCUT2D eigenvalue weighted by Gasteiger charge is -2.34. The van der Waals surface area contributed by atoms with E-state index >= 15 is 0 Å². The number of piperidine rings is 1. The Balaban J connectivity index is 1.34. The smallest absolute Gasteiger partial charge is 0.255 e. The third-order valence-corrected chi connectivity index (χ3v) is 6.86. The molecular formula is C21H29N3O2. The predicted octanol–water partition coefficient (Wildman–Crippen LogP) is 3.01. The molecule has 5 rings (SSSR count). The molecule has 1 saturated heterocycles. The summed E-state index contributed by atoms with van der Waals surface area (Å²) in [6, 6.07) is 2.67. The van der Waals surface area contributed by atoms with Gasteiger partial charge in [0, 0.05) is 25.6 Å². The number of carbonyl (C=O) groups excluding carboxylic acids is 1. The number of ether oxygens (including phenoxy) is 1. The van der Waals surface area contributed by atoms with Gasteiger partial charge >= 0.3 is 0 Å². The van der Waals surface area contributed by atoms with Crippen LogP contribution in [-0.4, -0.2) is 48.1 Å². The molecule has 2 aliphatic carbocycles. The van der Waals surface area contributed by atoms with Crippen molar-refractivity contribution in [2.24, 2.45) is 11.3 Å². The Morgan fingerprint density at radius 3 is 2.92 bits per heavy atom. The topological polar surface area (TPSA) is 45.7 Å². The maximum atomic E-state index is 12.3. The largest absolute Gasteiger partial charge is 0.377 e. The van der Waals surface area contributed by atoms with Crippen molar-refractivity contribution in [3.63, 3.8) is 0 Å². The van der Waals surface area contributed by atoms with Gasteiger partial charge in [-0.1, -0.05) is 13.8 Å². The molecule has 4 aliphatic rings. The van der Waals surface area contributed by atoms with Crippen LogP contribution in [-0.2, 0) is 17.7 Å². The fourth-order valence-electron chi connectivity index (χ4n) is 4.64. The van der Waals surface area contributed by atoms with Gasteiger partial charge in [-0.15, -0.1) is 0 Å². The first-order valence-corrected chi connectivity index (χ1v) is 10.2. The standard InChI is InChI=1S/C21H29N3O2/c1-4-13-9-14-16(11-23(3)20(14)25)22-19(13)24-8-5-18(15-10-17(15)24)26-12-21(2)6-7-21/h9,15,17-18H,4-8,10-12H2,1-3H3. The number of aryl methyl sites for hydroxylation is 1. The van der Waals surface area contributed by atoms with Gasteiger partial charge in [-0.25, -0.2) is 4.98 Å². The van der Waals surface area contributed by atoms with Crippen LogP contribution in [0.2, 0.25) is 0 Å². The number of amides is 1. The van der Waals surface area contributed by atoms with Gasteiger partial charge in [-0.3, -0.25) is 4.79 Å². The minimum Gasteiger partial charge on any atom is -0.377 e. The molecule has 3 unspecified atom stereocenters. The van der Waals surface area contributed by atoms with Crippen molar-refractivity contribution in [1.82, 2.24) is 9.88 Å². The van der Waals surface area contributed by atoms with Crippen LogP contribution in [0.3, 0.4) is 0 Å². The summed E-state index contributed by atoms with van der Waals surface area (Å²) in [5, 5.41) is 0. The molecule has 0 bridgehead atoms. The third kappa shape index (κ3) is 2.63. The number of hydrogen-bond acceptors (Lipinski definition) is 4. The van der Waals surface area contributed by atoms with E-state index in [0.717, 1.165) is 43.1 Å². The van der Waals surface area contributed by atoms with E-state index < -0.39 is 0 Å². The van der Waals surface area contributed by atoms with Gasteiger partial charge in [-0.2, -0.15) is 0 Å². The van der Waals surface area contributed by atoms with E-state index in [1.54, 1.807) is 4.90 Å². The van der Waals surface area contributed by atoms with Crippen molar-refractivity contribution in [3.8, 4) is 0 Å². The molecule has 26 heavy (non-hydrogen) atoms. The Bertz CT molecular complexity index is 758. The highest BCUT2D eigenvalue weighted by Crippen LogP contribution is 2.49. The number of hydrogen-bond donors (Lipinski definition) is 0. The number of nitrogens with zero attached hydrogens (tertiary/aromatic N) is 3. The minimum atomic E-state index is 0.110. The van der Waals surface area contributed by atoms with Crippen molar-refractivity contribution >= 4 is 11.7 Å². The summed E-state index contributed by atoms with van der Waals surface area (Å²) < 4.78 is 6.31. The highest BCUT2D eigenvalue weighted by Gasteiger charge is 2.52. The lowest BCUT2D eigenvalue weighted by molar-refractivity contribution is 0.00311. The molecule has 140 valence electrons. The molecule has 3 atom stereocenters. The average Bonchev–Trinajstić information content (AvgIpc) is 3.54. The summed E-state index contributed by atoms with van der Waals surface area (Å²) in [7, 11) is 1.86. The molecule has 2 saturated carbocycles. The second kappa shape index (κ2) is 5.69. The maximum Gasteiger partial charge on any atom is 0.255 e. The van der Waals surface area contributed by atoms with Gasteiger partial charge in [0.2, 0.25) is 0 Å². The van der Waals surface area contributed by atoms with Gasteiger partial charge in [0.05, 0.1) is 30.5 Å². The monoisotopic (exact) mass is 355 g/mol. The van der Waals surface area contributed by atoms with Gasteiger partial charge in [0.15, 0.2) is 0 Å². The van der Waals surface area contributed by atoms with Gasteiger partial charge in [0.1, 0.15) is 5.82 Å².